The van der Waals surface area contributed by atoms with Gasteiger partial charge in [0.1, 0.15) is 30.0 Å². The number of ether oxygens (including phenoxy) is 6. The Bertz CT molecular complexity index is 2310. The van der Waals surface area contributed by atoms with Gasteiger partial charge in [0.05, 0.1) is 47.6 Å². The fourth-order valence-electron chi connectivity index (χ4n) is 16.5. The number of fused-ring (bicyclic) bond motifs is 5. The van der Waals surface area contributed by atoms with Crippen LogP contribution in [-0.4, -0.2) is 212 Å². The number of amides is 1. The number of hydrogen-bond acceptors (Lipinski definition) is 18. The van der Waals surface area contributed by atoms with Crippen molar-refractivity contribution >= 4 is 17.7 Å². The molecule has 1 amide bonds. The van der Waals surface area contributed by atoms with Crippen molar-refractivity contribution in [2.75, 3.05) is 40.8 Å². The lowest BCUT2D eigenvalue weighted by atomic mass is 9.44. The van der Waals surface area contributed by atoms with E-state index in [1.54, 1.807) is 75.3 Å². The van der Waals surface area contributed by atoms with E-state index in [9.17, 15) is 50.1 Å². The zero-order valence-corrected chi connectivity index (χ0v) is 51.3. The highest BCUT2D eigenvalue weighted by Crippen LogP contribution is 2.70. The minimum atomic E-state index is -2.13. The summed E-state index contributed by atoms with van der Waals surface area (Å²) in [6.45, 7) is 23.1. The molecule has 0 spiro atoms. The molecule has 0 aromatic rings. The van der Waals surface area contributed by atoms with Crippen LogP contribution in [0.1, 0.15) is 148 Å². The lowest BCUT2D eigenvalue weighted by Crippen LogP contribution is -2.70. The first-order valence-electron chi connectivity index (χ1n) is 30.1. The summed E-state index contributed by atoms with van der Waals surface area (Å²) in [4.78, 5) is 45.6. The van der Waals surface area contributed by atoms with E-state index < -0.39 is 148 Å². The summed E-state index contributed by atoms with van der Waals surface area (Å²) < 4.78 is 56.2. The molecule has 6 fully saturated rings. The van der Waals surface area contributed by atoms with E-state index in [-0.39, 0.29) is 69.2 Å². The minimum Gasteiger partial charge on any atom is -0.459 e. The summed E-state index contributed by atoms with van der Waals surface area (Å²) in [6.07, 6.45) is -5.63. The van der Waals surface area contributed by atoms with Crippen molar-refractivity contribution in [3.05, 3.63) is 23.8 Å². The molecule has 20 heteroatoms. The second kappa shape index (κ2) is 24.3. The Balaban J connectivity index is 1.16. The molecular weight excluding hydrogens is 1050 g/mol. The second-order valence-corrected chi connectivity index (χ2v) is 27.5. The average molecular weight is 1150 g/mol. The predicted molar refractivity (Wildman–Crippen MR) is 299 cm³/mol. The summed E-state index contributed by atoms with van der Waals surface area (Å²) in [5.41, 5.74) is -10.7. The highest BCUT2D eigenvalue weighted by atomic mass is 19.1. The van der Waals surface area contributed by atoms with E-state index in [0.717, 1.165) is 0 Å². The van der Waals surface area contributed by atoms with Crippen LogP contribution in [0.3, 0.4) is 0 Å². The number of ketones is 1. The van der Waals surface area contributed by atoms with Crippen LogP contribution in [0.25, 0.3) is 0 Å². The minimum absolute atomic E-state index is 0.0643. The first-order valence-corrected chi connectivity index (χ1v) is 30.1. The quantitative estimate of drug-likeness (QED) is 0.101. The molecule has 0 bridgehead atoms. The number of halogens is 1. The zero-order chi connectivity index (χ0) is 60.5. The highest BCUT2D eigenvalue weighted by molar-refractivity contribution is 6.01. The van der Waals surface area contributed by atoms with E-state index in [2.05, 4.69) is 5.32 Å². The lowest BCUT2D eigenvalue weighted by Gasteiger charge is -2.62. The van der Waals surface area contributed by atoms with Crippen molar-refractivity contribution < 1.29 is 82.9 Å². The maximum absolute atomic E-state index is 17.9. The van der Waals surface area contributed by atoms with Gasteiger partial charge in [0, 0.05) is 67.9 Å². The monoisotopic (exact) mass is 1150 g/mol. The Morgan fingerprint density at radius 3 is 2.20 bits per heavy atom. The molecular formula is C61H102FN3O16. The fraction of sp³-hybridized carbons (Fsp3) is 0.885. The van der Waals surface area contributed by atoms with Gasteiger partial charge in [-0.15, -0.1) is 0 Å². The van der Waals surface area contributed by atoms with Gasteiger partial charge in [-0.25, -0.2) is 4.39 Å². The number of allylic oxidation sites excluding steroid dienone is 4. The number of likely N-dealkylation sites (N-methyl/N-ethyl adjacent to an activating group) is 1. The Kier molecular flexibility index (Phi) is 19.8. The second-order valence-electron chi connectivity index (χ2n) is 27.5. The molecule has 19 nitrogen and oxygen atoms in total. The molecule has 81 heavy (non-hydrogen) atoms. The molecule has 464 valence electrons. The van der Waals surface area contributed by atoms with Gasteiger partial charge in [-0.3, -0.25) is 19.3 Å². The highest BCUT2D eigenvalue weighted by Gasteiger charge is 2.76. The predicted octanol–water partition coefficient (Wildman–Crippen LogP) is 4.13. The summed E-state index contributed by atoms with van der Waals surface area (Å²) in [5.74, 6) is -5.72. The largest absolute Gasteiger partial charge is 0.459 e. The Hall–Kier alpha value is -2.54. The van der Waals surface area contributed by atoms with Gasteiger partial charge in [-0.2, -0.15) is 0 Å². The molecule has 0 aromatic carbocycles. The van der Waals surface area contributed by atoms with Gasteiger partial charge < -0.3 is 74.4 Å². The number of aliphatic hydroxyl groups excluding tert-OH is 4. The van der Waals surface area contributed by atoms with Gasteiger partial charge in [0.15, 0.2) is 29.6 Å². The fourth-order valence-corrected chi connectivity index (χ4v) is 16.5. The normalized spacial score (nSPS) is 50.3. The van der Waals surface area contributed by atoms with Crippen LogP contribution < -0.4 is 5.32 Å². The average Bonchev–Trinajstić information content (AvgIpc) is 2.79. The smallest absolute Gasteiger partial charge is 0.311 e. The van der Waals surface area contributed by atoms with Gasteiger partial charge in [0.25, 0.3) is 5.91 Å². The van der Waals surface area contributed by atoms with Crippen molar-refractivity contribution in [3.63, 3.8) is 0 Å². The van der Waals surface area contributed by atoms with Crippen molar-refractivity contribution in [2.45, 2.75) is 255 Å². The molecule has 7 rings (SSSR count). The van der Waals surface area contributed by atoms with Crippen LogP contribution >= 0.6 is 0 Å². The van der Waals surface area contributed by atoms with E-state index in [0.29, 0.717) is 37.7 Å². The van der Waals surface area contributed by atoms with Crippen molar-refractivity contribution in [3.8, 4) is 0 Å². The number of methoxy groups -OCH3 is 1. The van der Waals surface area contributed by atoms with E-state index in [4.69, 9.17) is 28.4 Å². The van der Waals surface area contributed by atoms with Crippen molar-refractivity contribution in [1.82, 2.24) is 15.1 Å². The Morgan fingerprint density at radius 1 is 0.901 bits per heavy atom. The molecule has 3 heterocycles. The Labute approximate surface area is 480 Å². The number of alkyl halides is 1. The SMILES string of the molecule is CC[C@H]1OC(=O)[C@H](C)[C@@H](O[C@H]2C[C@@](C)(OC)[C@@H](O)[C@H](C)O2)[C@H](C)[C@@H](O[C@@H]2O[C@H](C)C[C@H](N(C)C)[C@H]2O)[C@](C)(O)C[C@@H](C)CN(CCCNC(=O)[C@@]2(O)[C@H](C)C[C@H]3[C@@H]4CCC5=CC(=O)C=C[C@]5(C)[C@@]4(F)[C@@H](O)C[C@@]32C)[C@H](C)[C@@H](O)[C@]1(C)O. The Morgan fingerprint density at radius 2 is 1.57 bits per heavy atom. The third-order valence-corrected chi connectivity index (χ3v) is 21.5. The molecule has 3 saturated heterocycles. The molecule has 0 unspecified atom stereocenters. The van der Waals surface area contributed by atoms with Crippen LogP contribution in [0.5, 0.6) is 0 Å². The number of carbonyl (C=O) groups is 3. The topological polar surface area (TPSA) is 267 Å². The molecule has 0 aromatic heterocycles. The summed E-state index contributed by atoms with van der Waals surface area (Å²) >= 11 is 0. The van der Waals surface area contributed by atoms with Crippen LogP contribution in [0.2, 0.25) is 0 Å². The first-order chi connectivity index (χ1) is 37.5. The number of nitrogens with one attached hydrogen (secondary N) is 1. The van der Waals surface area contributed by atoms with Gasteiger partial charge in [-0.05, 0) is 151 Å². The van der Waals surface area contributed by atoms with Crippen molar-refractivity contribution in [1.29, 1.82) is 0 Å². The number of nitrogens with zero attached hydrogens (tertiary/aromatic N) is 2. The molecule has 0 radical (unpaired) electrons. The van der Waals surface area contributed by atoms with Gasteiger partial charge in [0.2, 0.25) is 0 Å². The molecule has 3 saturated carbocycles. The number of carbonyl (C=O) groups excluding carboxylic acids is 3. The number of cyclic esters (lactones) is 1. The first kappa shape index (κ1) is 66.0. The number of rotatable bonds is 12. The van der Waals surface area contributed by atoms with Crippen LogP contribution in [-0.2, 0) is 42.8 Å². The number of hydrogen-bond donors (Lipinski definition) is 8. The summed E-state index contributed by atoms with van der Waals surface area (Å²) in [7, 11) is 5.20. The van der Waals surface area contributed by atoms with Gasteiger partial charge >= 0.3 is 5.97 Å². The third-order valence-electron chi connectivity index (χ3n) is 21.5. The standard InChI is InChI=1S/C61H102FN3O16/c1-17-45-59(13,74)49(69)37(7)65(24-18-23-63-54(72)61(75)33(3)25-42-41-20-19-39-27-40(66)21-22-55(39,9)60(41,62)44(67)29-56(42,61)10)31-32(2)28-57(11,73)51(81-53-47(68)43(64(14)15)26-34(4)77-53)35(5)48(36(6)52(71)79-45)80-46-30-58(12,76-16)50(70)38(8)78-46/h21-22,27,32-38,41-51,53,67-70,73-75H,17-20,23-26,28-31H2,1-16H3,(H,63,72)/t32-,33-,34-,35+,36-,37-,38+,41+,42+,43+,44+,45-,46+,47-,48+,49-,50+,51-,53+,55+,56+,57-,58-,59-,60+,61+/m1/s1. The van der Waals surface area contributed by atoms with E-state index in [1.807, 2.05) is 37.7 Å². The third kappa shape index (κ3) is 11.8. The van der Waals surface area contributed by atoms with E-state index >= 15 is 4.39 Å². The molecule has 7 aliphatic rings. The lowest BCUT2D eigenvalue weighted by molar-refractivity contribution is -0.318. The molecule has 3 aliphatic heterocycles. The van der Waals surface area contributed by atoms with Crippen LogP contribution in [0.4, 0.5) is 4.39 Å². The maximum atomic E-state index is 17.9. The van der Waals surface area contributed by atoms with Crippen molar-refractivity contribution in [2.24, 2.45) is 46.3 Å². The number of aliphatic hydroxyl groups is 7. The molecule has 4 aliphatic carbocycles. The van der Waals surface area contributed by atoms with Crippen LogP contribution in [0.15, 0.2) is 23.8 Å². The summed E-state index contributed by atoms with van der Waals surface area (Å²) in [6, 6.07) is -1.17. The summed E-state index contributed by atoms with van der Waals surface area (Å²) in [5, 5.41) is 88.4. The maximum Gasteiger partial charge on any atom is 0.311 e. The van der Waals surface area contributed by atoms with Gasteiger partial charge in [-0.1, -0.05) is 46.3 Å². The van der Waals surface area contributed by atoms with E-state index in [1.165, 1.54) is 26.2 Å². The zero-order valence-electron chi connectivity index (χ0n) is 51.3. The molecule has 8 N–H and O–H groups in total. The molecule has 26 atom stereocenters. The van der Waals surface area contributed by atoms with Crippen LogP contribution in [0, 0.1) is 46.3 Å². The number of esters is 1.